The molecule has 0 aromatic carbocycles. The minimum atomic E-state index is 0.902. The van der Waals surface area contributed by atoms with E-state index in [1.165, 1.54) is 69.8 Å². The van der Waals surface area contributed by atoms with Crippen molar-refractivity contribution in [2.24, 2.45) is 5.92 Å². The van der Waals surface area contributed by atoms with Gasteiger partial charge in [0.25, 0.3) is 0 Å². The lowest BCUT2D eigenvalue weighted by atomic mass is 9.99. The Morgan fingerprint density at radius 1 is 1.05 bits per heavy atom. The molecule has 0 bridgehead atoms. The van der Waals surface area contributed by atoms with E-state index in [9.17, 15) is 0 Å². The fraction of sp³-hybridized carbons (Fsp3) is 0.706. The van der Waals surface area contributed by atoms with E-state index < -0.39 is 0 Å². The summed E-state index contributed by atoms with van der Waals surface area (Å²) in [5.41, 5.74) is 1.24. The van der Waals surface area contributed by atoms with Crippen LogP contribution in [0.4, 0.5) is 5.82 Å². The maximum absolute atomic E-state index is 4.89. The Kier molecular flexibility index (Phi) is 4.56. The van der Waals surface area contributed by atoms with Crippen molar-refractivity contribution in [2.75, 3.05) is 31.1 Å². The number of piperidine rings is 2. The SMILES string of the molecule is CC1CCN(Cc2cccc(N3CCCCC3)n2)CC1. The van der Waals surface area contributed by atoms with Gasteiger partial charge in [0.2, 0.25) is 0 Å². The van der Waals surface area contributed by atoms with Crippen LogP contribution in [0.15, 0.2) is 18.2 Å². The van der Waals surface area contributed by atoms with Crippen molar-refractivity contribution in [1.29, 1.82) is 0 Å². The summed E-state index contributed by atoms with van der Waals surface area (Å²) in [7, 11) is 0. The van der Waals surface area contributed by atoms with Crippen LogP contribution in [-0.2, 0) is 6.54 Å². The molecular formula is C17H27N3. The standard InChI is InChI=1S/C17H27N3/c1-15-8-12-19(13-9-15)14-16-6-5-7-17(18-16)20-10-3-2-4-11-20/h5-7,15H,2-4,8-14H2,1H3. The normalized spacial score (nSPS) is 22.1. The van der Waals surface area contributed by atoms with Crippen LogP contribution in [-0.4, -0.2) is 36.1 Å². The Labute approximate surface area is 123 Å². The summed E-state index contributed by atoms with van der Waals surface area (Å²) in [5.74, 6) is 2.09. The molecule has 3 rings (SSSR count). The fourth-order valence-corrected chi connectivity index (χ4v) is 3.30. The van der Waals surface area contributed by atoms with Gasteiger partial charge in [-0.1, -0.05) is 13.0 Å². The van der Waals surface area contributed by atoms with Crippen LogP contribution in [0.5, 0.6) is 0 Å². The minimum Gasteiger partial charge on any atom is -0.357 e. The molecule has 1 aromatic heterocycles. The molecule has 2 aliphatic rings. The van der Waals surface area contributed by atoms with E-state index in [4.69, 9.17) is 4.98 Å². The van der Waals surface area contributed by atoms with Gasteiger partial charge in [0.1, 0.15) is 5.82 Å². The van der Waals surface area contributed by atoms with Gasteiger partial charge in [0.05, 0.1) is 5.69 Å². The first-order valence-corrected chi connectivity index (χ1v) is 8.24. The molecule has 20 heavy (non-hydrogen) atoms. The molecule has 0 amide bonds. The molecule has 0 aliphatic carbocycles. The smallest absolute Gasteiger partial charge is 0.128 e. The maximum atomic E-state index is 4.89. The van der Waals surface area contributed by atoms with E-state index in [2.05, 4.69) is 34.9 Å². The van der Waals surface area contributed by atoms with Crippen LogP contribution >= 0.6 is 0 Å². The second-order valence-electron chi connectivity index (χ2n) is 6.49. The summed E-state index contributed by atoms with van der Waals surface area (Å²) >= 11 is 0. The Morgan fingerprint density at radius 3 is 2.55 bits per heavy atom. The lowest BCUT2D eigenvalue weighted by molar-refractivity contribution is 0.183. The molecule has 110 valence electrons. The highest BCUT2D eigenvalue weighted by Gasteiger charge is 2.17. The average Bonchev–Trinajstić information content (AvgIpc) is 2.51. The monoisotopic (exact) mass is 273 g/mol. The summed E-state index contributed by atoms with van der Waals surface area (Å²) in [6.45, 7) is 8.21. The van der Waals surface area contributed by atoms with Crippen molar-refractivity contribution in [1.82, 2.24) is 9.88 Å². The highest BCUT2D eigenvalue weighted by Crippen LogP contribution is 2.20. The van der Waals surface area contributed by atoms with E-state index >= 15 is 0 Å². The van der Waals surface area contributed by atoms with Crippen LogP contribution in [0, 0.1) is 5.92 Å². The highest BCUT2D eigenvalue weighted by molar-refractivity contribution is 5.39. The molecule has 2 aliphatic heterocycles. The average molecular weight is 273 g/mol. The molecule has 0 atom stereocenters. The predicted molar refractivity (Wildman–Crippen MR) is 84.0 cm³/mol. The van der Waals surface area contributed by atoms with Gasteiger partial charge in [-0.15, -0.1) is 0 Å². The van der Waals surface area contributed by atoms with E-state index in [0.717, 1.165) is 12.5 Å². The van der Waals surface area contributed by atoms with Gasteiger partial charge in [0, 0.05) is 19.6 Å². The number of hydrogen-bond donors (Lipinski definition) is 0. The van der Waals surface area contributed by atoms with Crippen molar-refractivity contribution in [3.63, 3.8) is 0 Å². The summed E-state index contributed by atoms with van der Waals surface area (Å²) in [6.07, 6.45) is 6.69. The number of likely N-dealkylation sites (tertiary alicyclic amines) is 1. The molecule has 2 saturated heterocycles. The summed E-state index contributed by atoms with van der Waals surface area (Å²) in [6, 6.07) is 6.54. The third-order valence-electron chi connectivity index (χ3n) is 4.73. The quantitative estimate of drug-likeness (QED) is 0.842. The van der Waals surface area contributed by atoms with Crippen molar-refractivity contribution in [3.05, 3.63) is 23.9 Å². The maximum Gasteiger partial charge on any atom is 0.128 e. The van der Waals surface area contributed by atoms with Crippen molar-refractivity contribution in [2.45, 2.75) is 45.6 Å². The van der Waals surface area contributed by atoms with Crippen molar-refractivity contribution >= 4 is 5.82 Å². The van der Waals surface area contributed by atoms with E-state index in [0.29, 0.717) is 0 Å². The second-order valence-corrected chi connectivity index (χ2v) is 6.49. The first-order valence-electron chi connectivity index (χ1n) is 8.24. The third kappa shape index (κ3) is 3.51. The zero-order valence-electron chi connectivity index (χ0n) is 12.7. The van der Waals surface area contributed by atoms with Gasteiger partial charge in [-0.25, -0.2) is 4.98 Å². The number of nitrogens with zero attached hydrogens (tertiary/aromatic N) is 3. The lowest BCUT2D eigenvalue weighted by Gasteiger charge is -2.31. The Balaban J connectivity index is 1.62. The Hall–Kier alpha value is -1.09. The van der Waals surface area contributed by atoms with Crippen LogP contribution in [0.3, 0.4) is 0 Å². The number of anilines is 1. The van der Waals surface area contributed by atoms with Crippen molar-refractivity contribution in [3.8, 4) is 0 Å². The zero-order chi connectivity index (χ0) is 13.8. The van der Waals surface area contributed by atoms with E-state index in [-0.39, 0.29) is 0 Å². The molecule has 2 fully saturated rings. The summed E-state index contributed by atoms with van der Waals surface area (Å²) < 4.78 is 0. The molecule has 1 aromatic rings. The third-order valence-corrected chi connectivity index (χ3v) is 4.73. The lowest BCUT2D eigenvalue weighted by Crippen LogP contribution is -2.33. The first-order chi connectivity index (χ1) is 9.81. The summed E-state index contributed by atoms with van der Waals surface area (Å²) in [4.78, 5) is 9.90. The van der Waals surface area contributed by atoms with Crippen LogP contribution in [0.2, 0.25) is 0 Å². The highest BCUT2D eigenvalue weighted by atomic mass is 15.2. The van der Waals surface area contributed by atoms with Crippen LogP contribution in [0.25, 0.3) is 0 Å². The molecule has 3 heterocycles. The van der Waals surface area contributed by atoms with E-state index in [1.807, 2.05) is 0 Å². The van der Waals surface area contributed by atoms with Crippen LogP contribution in [0.1, 0.15) is 44.7 Å². The van der Waals surface area contributed by atoms with Gasteiger partial charge in [-0.05, 0) is 63.2 Å². The molecular weight excluding hydrogens is 246 g/mol. The topological polar surface area (TPSA) is 19.4 Å². The number of rotatable bonds is 3. The number of hydrogen-bond acceptors (Lipinski definition) is 3. The molecule has 0 unspecified atom stereocenters. The minimum absolute atomic E-state index is 0.902. The zero-order valence-corrected chi connectivity index (χ0v) is 12.7. The molecule has 0 radical (unpaired) electrons. The van der Waals surface area contributed by atoms with Gasteiger partial charge in [-0.3, -0.25) is 4.90 Å². The molecule has 3 nitrogen and oxygen atoms in total. The molecule has 0 N–H and O–H groups in total. The number of pyridine rings is 1. The first kappa shape index (κ1) is 13.9. The van der Waals surface area contributed by atoms with Gasteiger partial charge in [-0.2, -0.15) is 0 Å². The van der Waals surface area contributed by atoms with Crippen molar-refractivity contribution < 1.29 is 0 Å². The Morgan fingerprint density at radius 2 is 1.80 bits per heavy atom. The molecule has 3 heteroatoms. The second kappa shape index (κ2) is 6.57. The summed E-state index contributed by atoms with van der Waals surface area (Å²) in [5, 5.41) is 0. The van der Waals surface area contributed by atoms with Gasteiger partial charge in [0.15, 0.2) is 0 Å². The predicted octanol–water partition coefficient (Wildman–Crippen LogP) is 3.30. The Bertz CT molecular complexity index is 418. The van der Waals surface area contributed by atoms with Crippen LogP contribution < -0.4 is 4.90 Å². The fourth-order valence-electron chi connectivity index (χ4n) is 3.30. The van der Waals surface area contributed by atoms with Gasteiger partial charge >= 0.3 is 0 Å². The largest absolute Gasteiger partial charge is 0.357 e. The van der Waals surface area contributed by atoms with Gasteiger partial charge < -0.3 is 4.90 Å². The number of aromatic nitrogens is 1. The van der Waals surface area contributed by atoms with E-state index in [1.54, 1.807) is 0 Å². The molecule has 0 saturated carbocycles. The molecule has 0 spiro atoms.